The molecular weight excluding hydrogens is 244 g/mol. The molecule has 5 heteroatoms. The van der Waals surface area contributed by atoms with Crippen molar-refractivity contribution in [2.75, 3.05) is 18.0 Å². The van der Waals surface area contributed by atoms with Crippen molar-refractivity contribution < 1.29 is 10.0 Å². The highest BCUT2D eigenvalue weighted by atomic mass is 16.6. The highest BCUT2D eigenvalue weighted by molar-refractivity contribution is 5.65. The van der Waals surface area contributed by atoms with Crippen molar-refractivity contribution in [3.63, 3.8) is 0 Å². The Morgan fingerprint density at radius 2 is 2.21 bits per heavy atom. The van der Waals surface area contributed by atoms with E-state index < -0.39 is 6.10 Å². The van der Waals surface area contributed by atoms with Gasteiger partial charge >= 0.3 is 0 Å². The Bertz CT molecular complexity index is 523. The van der Waals surface area contributed by atoms with Gasteiger partial charge in [0.25, 0.3) is 5.69 Å². The quantitative estimate of drug-likeness (QED) is 0.516. The lowest BCUT2D eigenvalue weighted by Gasteiger charge is -2.28. The summed E-state index contributed by atoms with van der Waals surface area (Å²) in [5.74, 6) is 0. The second-order valence-electron chi connectivity index (χ2n) is 4.94. The average molecular weight is 262 g/mol. The van der Waals surface area contributed by atoms with Crippen molar-refractivity contribution in [3.05, 3.63) is 45.5 Å². The molecule has 0 saturated carbocycles. The maximum absolute atomic E-state index is 11.2. The van der Waals surface area contributed by atoms with Gasteiger partial charge in [0.05, 0.1) is 11.0 Å². The van der Waals surface area contributed by atoms with Gasteiger partial charge in [-0.2, -0.15) is 0 Å². The number of rotatable bonds is 3. The van der Waals surface area contributed by atoms with E-state index in [9.17, 15) is 15.2 Å². The normalized spacial score (nSPS) is 17.0. The number of aliphatic hydroxyl groups excluding tert-OH is 1. The third-order valence-electron chi connectivity index (χ3n) is 3.35. The Kier molecular flexibility index (Phi) is 3.85. The maximum atomic E-state index is 11.2. The van der Waals surface area contributed by atoms with Gasteiger partial charge in [-0.3, -0.25) is 10.1 Å². The van der Waals surface area contributed by atoms with Crippen molar-refractivity contribution in [3.8, 4) is 0 Å². The minimum absolute atomic E-state index is 0.0631. The molecule has 0 bridgehead atoms. The van der Waals surface area contributed by atoms with Crippen molar-refractivity contribution in [1.29, 1.82) is 0 Å². The van der Waals surface area contributed by atoms with Gasteiger partial charge in [0.15, 0.2) is 0 Å². The molecule has 2 rings (SSSR count). The third-order valence-corrected chi connectivity index (χ3v) is 3.35. The van der Waals surface area contributed by atoms with Gasteiger partial charge in [-0.1, -0.05) is 17.7 Å². The van der Waals surface area contributed by atoms with Gasteiger partial charge in [0.2, 0.25) is 0 Å². The first-order chi connectivity index (χ1) is 8.99. The number of nitro benzene ring substituents is 1. The predicted octanol–water partition coefficient (Wildman–Crippen LogP) is 2.80. The fourth-order valence-electron chi connectivity index (χ4n) is 2.33. The van der Waals surface area contributed by atoms with Crippen molar-refractivity contribution in [2.24, 2.45) is 0 Å². The summed E-state index contributed by atoms with van der Waals surface area (Å²) < 4.78 is 0. The fourth-order valence-corrected chi connectivity index (χ4v) is 2.33. The van der Waals surface area contributed by atoms with Crippen LogP contribution in [0.25, 0.3) is 0 Å². The van der Waals surface area contributed by atoms with Crippen LogP contribution in [0.15, 0.2) is 29.8 Å². The number of nitro groups is 1. The van der Waals surface area contributed by atoms with Crippen LogP contribution in [0.1, 0.15) is 31.9 Å². The van der Waals surface area contributed by atoms with Gasteiger partial charge in [-0.15, -0.1) is 0 Å². The van der Waals surface area contributed by atoms with Crippen LogP contribution in [0.3, 0.4) is 0 Å². The first kappa shape index (κ1) is 13.5. The zero-order valence-electron chi connectivity index (χ0n) is 11.2. The monoisotopic (exact) mass is 262 g/mol. The molecule has 0 fully saturated rings. The third kappa shape index (κ3) is 2.93. The zero-order chi connectivity index (χ0) is 14.0. The first-order valence-corrected chi connectivity index (χ1v) is 6.36. The summed E-state index contributed by atoms with van der Waals surface area (Å²) in [6.45, 7) is 5.13. The second kappa shape index (κ2) is 5.40. The number of aliphatic hydroxyl groups is 1. The van der Waals surface area contributed by atoms with Crippen LogP contribution in [0, 0.1) is 10.1 Å². The molecular formula is C14H18N2O3. The molecule has 102 valence electrons. The summed E-state index contributed by atoms with van der Waals surface area (Å²) in [6.07, 6.45) is 2.36. The van der Waals surface area contributed by atoms with Gasteiger partial charge in [-0.25, -0.2) is 0 Å². The number of anilines is 1. The molecule has 1 unspecified atom stereocenters. The number of nitrogens with zero attached hydrogens (tertiary/aromatic N) is 2. The van der Waals surface area contributed by atoms with E-state index in [-0.39, 0.29) is 10.6 Å². The smallest absolute Gasteiger partial charge is 0.292 e. The zero-order valence-corrected chi connectivity index (χ0v) is 11.2. The molecule has 1 N–H and O–H groups in total. The van der Waals surface area contributed by atoms with Crippen LogP contribution in [0.4, 0.5) is 11.4 Å². The lowest BCUT2D eigenvalue weighted by atomic mass is 10.1. The molecule has 0 aliphatic carbocycles. The Morgan fingerprint density at radius 3 is 2.79 bits per heavy atom. The molecule has 1 aliphatic heterocycles. The van der Waals surface area contributed by atoms with Crippen LogP contribution in [-0.4, -0.2) is 23.1 Å². The molecule has 0 aromatic heterocycles. The van der Waals surface area contributed by atoms with Crippen molar-refractivity contribution in [1.82, 2.24) is 0 Å². The van der Waals surface area contributed by atoms with Crippen LogP contribution < -0.4 is 4.90 Å². The van der Waals surface area contributed by atoms with Gasteiger partial charge in [-0.05, 0) is 31.9 Å². The number of hydrogen-bond acceptors (Lipinski definition) is 4. The molecule has 5 nitrogen and oxygen atoms in total. The molecule has 1 heterocycles. The van der Waals surface area contributed by atoms with Gasteiger partial charge in [0.1, 0.15) is 5.69 Å². The Morgan fingerprint density at radius 1 is 1.47 bits per heavy atom. The lowest BCUT2D eigenvalue weighted by molar-refractivity contribution is -0.384. The molecule has 0 spiro atoms. The minimum Gasteiger partial charge on any atom is -0.389 e. The highest BCUT2D eigenvalue weighted by Crippen LogP contribution is 2.32. The predicted molar refractivity (Wildman–Crippen MR) is 74.3 cm³/mol. The van der Waals surface area contributed by atoms with Crippen LogP contribution in [-0.2, 0) is 0 Å². The number of hydrogen-bond donors (Lipinski definition) is 1. The SMILES string of the molecule is CC1=CCCN(c2ccc(C(C)O)cc2[N+](=O)[O-])C1. The van der Waals surface area contributed by atoms with E-state index in [1.807, 2.05) is 11.8 Å². The molecule has 1 aromatic carbocycles. The second-order valence-corrected chi connectivity index (χ2v) is 4.94. The first-order valence-electron chi connectivity index (χ1n) is 6.36. The summed E-state index contributed by atoms with van der Waals surface area (Å²) in [7, 11) is 0. The molecule has 1 aliphatic rings. The van der Waals surface area contributed by atoms with Crippen molar-refractivity contribution >= 4 is 11.4 Å². The van der Waals surface area contributed by atoms with E-state index >= 15 is 0 Å². The molecule has 19 heavy (non-hydrogen) atoms. The Labute approximate surface area is 112 Å². The molecule has 1 aromatic rings. The largest absolute Gasteiger partial charge is 0.389 e. The van der Waals surface area contributed by atoms with E-state index in [0.29, 0.717) is 11.3 Å². The van der Waals surface area contributed by atoms with Crippen molar-refractivity contribution in [2.45, 2.75) is 26.4 Å². The Balaban J connectivity index is 2.39. The minimum atomic E-state index is -0.698. The Hall–Kier alpha value is -1.88. The summed E-state index contributed by atoms with van der Waals surface area (Å²) in [4.78, 5) is 12.8. The summed E-state index contributed by atoms with van der Waals surface area (Å²) in [5, 5.41) is 20.7. The van der Waals surface area contributed by atoms with Gasteiger partial charge < -0.3 is 10.0 Å². The topological polar surface area (TPSA) is 66.6 Å². The lowest BCUT2D eigenvalue weighted by Crippen LogP contribution is -2.29. The summed E-state index contributed by atoms with van der Waals surface area (Å²) in [5.41, 5.74) is 2.48. The number of benzene rings is 1. The van der Waals surface area contributed by atoms with E-state index in [4.69, 9.17) is 0 Å². The highest BCUT2D eigenvalue weighted by Gasteiger charge is 2.22. The summed E-state index contributed by atoms with van der Waals surface area (Å²) in [6, 6.07) is 4.95. The molecule has 1 atom stereocenters. The van der Waals surface area contributed by atoms with Crippen LogP contribution in [0.2, 0.25) is 0 Å². The van der Waals surface area contributed by atoms with E-state index in [1.54, 1.807) is 19.1 Å². The summed E-state index contributed by atoms with van der Waals surface area (Å²) >= 11 is 0. The maximum Gasteiger partial charge on any atom is 0.292 e. The average Bonchev–Trinajstić information content (AvgIpc) is 2.37. The van der Waals surface area contributed by atoms with Gasteiger partial charge in [0, 0.05) is 19.2 Å². The standard InChI is InChI=1S/C14H18N2O3/c1-10-4-3-7-15(9-10)13-6-5-12(11(2)17)8-14(13)16(18)19/h4-6,8,11,17H,3,7,9H2,1-2H3. The molecule has 0 amide bonds. The molecule has 0 radical (unpaired) electrons. The van der Waals surface area contributed by atoms with E-state index in [0.717, 1.165) is 19.5 Å². The fraction of sp³-hybridized carbons (Fsp3) is 0.429. The van der Waals surface area contributed by atoms with Crippen LogP contribution in [0.5, 0.6) is 0 Å². The van der Waals surface area contributed by atoms with E-state index in [2.05, 4.69) is 6.08 Å². The molecule has 0 saturated heterocycles. The van der Waals surface area contributed by atoms with E-state index in [1.165, 1.54) is 11.6 Å². The van der Waals surface area contributed by atoms with Crippen LogP contribution >= 0.6 is 0 Å².